The molecular formula is C15H18N2O3S2. The second-order valence-electron chi connectivity index (χ2n) is 4.73. The molecule has 118 valence electrons. The van der Waals surface area contributed by atoms with Crippen LogP contribution in [0.1, 0.15) is 24.6 Å². The number of rotatable bonds is 6. The summed E-state index contributed by atoms with van der Waals surface area (Å²) in [5.74, 6) is 0.0446. The van der Waals surface area contributed by atoms with Crippen molar-refractivity contribution < 1.29 is 12.6 Å². The van der Waals surface area contributed by atoms with Gasteiger partial charge in [0, 0.05) is 11.8 Å². The van der Waals surface area contributed by atoms with Crippen molar-refractivity contribution in [3.63, 3.8) is 0 Å². The number of aromatic nitrogens is 2. The molecule has 1 heterocycles. The standard InChI is InChI=1S/C15H18N2O3S2/c1-4-7-12-8-5-6-9-13(12)22(18,19)20-14-10-11(2)16-15(17-14)21-3/h5-6,8-10H,4,7H2,1-3H3. The van der Waals surface area contributed by atoms with Gasteiger partial charge in [-0.05, 0) is 31.2 Å². The second-order valence-corrected chi connectivity index (χ2v) is 7.02. The van der Waals surface area contributed by atoms with Crippen molar-refractivity contribution in [2.75, 3.05) is 6.26 Å². The topological polar surface area (TPSA) is 69.2 Å². The van der Waals surface area contributed by atoms with E-state index in [1.807, 2.05) is 19.2 Å². The van der Waals surface area contributed by atoms with Crippen molar-refractivity contribution in [2.24, 2.45) is 0 Å². The van der Waals surface area contributed by atoms with Crippen LogP contribution in [0.2, 0.25) is 0 Å². The Kier molecular flexibility index (Phi) is 5.42. The zero-order chi connectivity index (χ0) is 16.2. The smallest absolute Gasteiger partial charge is 0.340 e. The second kappa shape index (κ2) is 7.11. The normalized spacial score (nSPS) is 11.4. The van der Waals surface area contributed by atoms with E-state index >= 15 is 0 Å². The molecule has 7 heteroatoms. The van der Waals surface area contributed by atoms with E-state index in [1.165, 1.54) is 17.8 Å². The Morgan fingerprint density at radius 1 is 1.23 bits per heavy atom. The predicted octanol–water partition coefficient (Wildman–Crippen LogP) is 3.23. The van der Waals surface area contributed by atoms with Crippen LogP contribution in [-0.4, -0.2) is 24.6 Å². The third-order valence-corrected chi connectivity index (χ3v) is 4.82. The first-order chi connectivity index (χ1) is 10.5. The van der Waals surface area contributed by atoms with Gasteiger partial charge in [0.25, 0.3) is 0 Å². The highest BCUT2D eigenvalue weighted by molar-refractivity contribution is 7.98. The summed E-state index contributed by atoms with van der Waals surface area (Å²) < 4.78 is 30.2. The minimum absolute atomic E-state index is 0.0446. The molecule has 1 aromatic carbocycles. The molecule has 0 unspecified atom stereocenters. The van der Waals surface area contributed by atoms with Crippen molar-refractivity contribution in [2.45, 2.75) is 36.7 Å². The van der Waals surface area contributed by atoms with Crippen LogP contribution in [0.5, 0.6) is 5.88 Å². The quantitative estimate of drug-likeness (QED) is 0.457. The SMILES string of the molecule is CCCc1ccccc1S(=O)(=O)Oc1cc(C)nc(SC)n1. The molecule has 22 heavy (non-hydrogen) atoms. The van der Waals surface area contributed by atoms with Gasteiger partial charge in [-0.2, -0.15) is 13.4 Å². The molecule has 0 aliphatic carbocycles. The van der Waals surface area contributed by atoms with Gasteiger partial charge in [0.05, 0.1) is 0 Å². The van der Waals surface area contributed by atoms with E-state index in [0.29, 0.717) is 17.3 Å². The molecule has 2 rings (SSSR count). The highest BCUT2D eigenvalue weighted by atomic mass is 32.2. The van der Waals surface area contributed by atoms with Gasteiger partial charge < -0.3 is 4.18 Å². The van der Waals surface area contributed by atoms with Crippen molar-refractivity contribution >= 4 is 21.9 Å². The molecule has 0 radical (unpaired) electrons. The number of thioether (sulfide) groups is 1. The first-order valence-corrected chi connectivity index (χ1v) is 9.51. The minimum atomic E-state index is -3.91. The Balaban J connectivity index is 2.38. The fourth-order valence-corrected chi connectivity index (χ4v) is 3.58. The minimum Gasteiger partial charge on any atom is -0.358 e. The van der Waals surface area contributed by atoms with Crippen LogP contribution in [-0.2, 0) is 16.5 Å². The number of hydrogen-bond donors (Lipinski definition) is 0. The van der Waals surface area contributed by atoms with Gasteiger partial charge in [-0.15, -0.1) is 0 Å². The molecule has 0 saturated carbocycles. The zero-order valence-corrected chi connectivity index (χ0v) is 14.4. The lowest BCUT2D eigenvalue weighted by Crippen LogP contribution is -2.13. The van der Waals surface area contributed by atoms with Gasteiger partial charge in [-0.25, -0.2) is 4.98 Å². The van der Waals surface area contributed by atoms with Crippen molar-refractivity contribution in [3.05, 3.63) is 41.6 Å². The van der Waals surface area contributed by atoms with E-state index in [-0.39, 0.29) is 10.8 Å². The maximum Gasteiger partial charge on any atom is 0.340 e. The number of nitrogens with zero attached hydrogens (tertiary/aromatic N) is 2. The fourth-order valence-electron chi connectivity index (χ4n) is 2.03. The van der Waals surface area contributed by atoms with Crippen LogP contribution in [0.25, 0.3) is 0 Å². The summed E-state index contributed by atoms with van der Waals surface area (Å²) in [6.07, 6.45) is 3.36. The van der Waals surface area contributed by atoms with E-state index in [1.54, 1.807) is 25.1 Å². The van der Waals surface area contributed by atoms with Crippen molar-refractivity contribution in [1.82, 2.24) is 9.97 Å². The monoisotopic (exact) mass is 338 g/mol. The van der Waals surface area contributed by atoms with E-state index in [4.69, 9.17) is 4.18 Å². The van der Waals surface area contributed by atoms with E-state index in [2.05, 4.69) is 9.97 Å². The highest BCUT2D eigenvalue weighted by Gasteiger charge is 2.21. The highest BCUT2D eigenvalue weighted by Crippen LogP contribution is 2.23. The molecule has 0 spiro atoms. The van der Waals surface area contributed by atoms with Crippen LogP contribution in [0.4, 0.5) is 0 Å². The summed E-state index contributed by atoms with van der Waals surface area (Å²) in [5.41, 5.74) is 1.41. The van der Waals surface area contributed by atoms with Crippen LogP contribution >= 0.6 is 11.8 Å². The maximum absolute atomic E-state index is 12.5. The summed E-state index contributed by atoms with van der Waals surface area (Å²) in [5, 5.41) is 0.479. The van der Waals surface area contributed by atoms with Gasteiger partial charge in [0.1, 0.15) is 4.90 Å². The molecule has 0 amide bonds. The Labute approximate surface area is 135 Å². The zero-order valence-electron chi connectivity index (χ0n) is 12.7. The van der Waals surface area contributed by atoms with Crippen LogP contribution in [0.15, 0.2) is 40.4 Å². The first-order valence-electron chi connectivity index (χ1n) is 6.88. The summed E-state index contributed by atoms with van der Waals surface area (Å²) in [4.78, 5) is 8.46. The summed E-state index contributed by atoms with van der Waals surface area (Å²) >= 11 is 1.33. The summed E-state index contributed by atoms with van der Waals surface area (Å²) in [7, 11) is -3.91. The summed E-state index contributed by atoms with van der Waals surface area (Å²) in [6, 6.07) is 8.39. The van der Waals surface area contributed by atoms with Crippen LogP contribution in [0.3, 0.4) is 0 Å². The van der Waals surface area contributed by atoms with E-state index in [0.717, 1.165) is 12.0 Å². The third kappa shape index (κ3) is 3.98. The molecule has 1 aromatic heterocycles. The largest absolute Gasteiger partial charge is 0.358 e. The predicted molar refractivity (Wildman–Crippen MR) is 86.8 cm³/mol. The van der Waals surface area contributed by atoms with Crippen molar-refractivity contribution in [3.8, 4) is 5.88 Å². The van der Waals surface area contributed by atoms with Gasteiger partial charge in [0.2, 0.25) is 5.88 Å². The average molecular weight is 338 g/mol. The third-order valence-electron chi connectivity index (χ3n) is 2.95. The van der Waals surface area contributed by atoms with Crippen LogP contribution < -0.4 is 4.18 Å². The number of hydrogen-bond acceptors (Lipinski definition) is 6. The number of aryl methyl sites for hydroxylation is 2. The molecule has 0 aliphatic heterocycles. The van der Waals surface area contributed by atoms with Gasteiger partial charge >= 0.3 is 10.1 Å². The first kappa shape index (κ1) is 16.8. The molecule has 0 bridgehead atoms. The number of benzene rings is 1. The lowest BCUT2D eigenvalue weighted by molar-refractivity contribution is 0.470. The van der Waals surface area contributed by atoms with E-state index < -0.39 is 10.1 Å². The van der Waals surface area contributed by atoms with Crippen molar-refractivity contribution in [1.29, 1.82) is 0 Å². The Morgan fingerprint density at radius 3 is 2.64 bits per heavy atom. The molecule has 0 fully saturated rings. The molecule has 2 aromatic rings. The molecular weight excluding hydrogens is 320 g/mol. The lowest BCUT2D eigenvalue weighted by Gasteiger charge is -2.11. The van der Waals surface area contributed by atoms with Gasteiger partial charge in [-0.1, -0.05) is 43.3 Å². The fraction of sp³-hybridized carbons (Fsp3) is 0.333. The molecule has 0 N–H and O–H groups in total. The summed E-state index contributed by atoms with van der Waals surface area (Å²) in [6.45, 7) is 3.77. The molecule has 0 aliphatic rings. The molecule has 0 saturated heterocycles. The van der Waals surface area contributed by atoms with Crippen LogP contribution in [0, 0.1) is 6.92 Å². The molecule has 5 nitrogen and oxygen atoms in total. The maximum atomic E-state index is 12.5. The Bertz CT molecular complexity index is 761. The van der Waals surface area contributed by atoms with Gasteiger partial charge in [-0.3, -0.25) is 0 Å². The Hall–Kier alpha value is -1.60. The molecule has 0 atom stereocenters. The van der Waals surface area contributed by atoms with E-state index in [9.17, 15) is 8.42 Å². The average Bonchev–Trinajstić information content (AvgIpc) is 2.47. The lowest BCUT2D eigenvalue weighted by atomic mass is 10.1. The Morgan fingerprint density at radius 2 is 1.95 bits per heavy atom. The van der Waals surface area contributed by atoms with Gasteiger partial charge in [0.15, 0.2) is 5.16 Å².